The fourth-order valence-corrected chi connectivity index (χ4v) is 2.17. The number of nitriles is 1. The summed E-state index contributed by atoms with van der Waals surface area (Å²) in [6, 6.07) is 2.87. The number of nitrogens with zero attached hydrogens (tertiary/aromatic N) is 2. The molecule has 3 nitrogen and oxygen atoms in total. The van der Waals surface area contributed by atoms with Crippen LogP contribution < -0.4 is 5.32 Å². The van der Waals surface area contributed by atoms with E-state index < -0.39 is 0 Å². The molecule has 0 bridgehead atoms. The van der Waals surface area contributed by atoms with Crippen molar-refractivity contribution < 1.29 is 0 Å². The predicted molar refractivity (Wildman–Crippen MR) is 51.3 cm³/mol. The van der Waals surface area contributed by atoms with Crippen LogP contribution in [0.1, 0.15) is 26.7 Å². The minimum absolute atomic E-state index is 0.255. The molecule has 0 spiro atoms. The molecule has 2 aliphatic rings. The molecule has 3 heteroatoms. The minimum atomic E-state index is -0.255. The summed E-state index contributed by atoms with van der Waals surface area (Å²) in [6.45, 7) is 5.19. The summed E-state index contributed by atoms with van der Waals surface area (Å²) in [7, 11) is 0. The predicted octanol–water partition coefficient (Wildman–Crippen LogP) is 1.32. The van der Waals surface area contributed by atoms with Crippen LogP contribution in [-0.2, 0) is 0 Å². The van der Waals surface area contributed by atoms with E-state index in [9.17, 15) is 0 Å². The van der Waals surface area contributed by atoms with E-state index in [4.69, 9.17) is 5.26 Å². The van der Waals surface area contributed by atoms with Gasteiger partial charge in [-0.2, -0.15) is 5.26 Å². The van der Waals surface area contributed by atoms with Crippen LogP contribution in [0.25, 0.3) is 0 Å². The molecule has 0 radical (unpaired) electrons. The Morgan fingerprint density at radius 2 is 2.46 bits per heavy atom. The lowest BCUT2D eigenvalue weighted by Gasteiger charge is -2.16. The smallest absolute Gasteiger partial charge is 0.118 e. The number of amidine groups is 1. The summed E-state index contributed by atoms with van der Waals surface area (Å²) in [5, 5.41) is 12.5. The van der Waals surface area contributed by atoms with E-state index in [-0.39, 0.29) is 5.41 Å². The molecule has 2 heterocycles. The molecule has 0 aromatic heterocycles. The van der Waals surface area contributed by atoms with Crippen LogP contribution in [0.4, 0.5) is 0 Å². The molecule has 0 saturated carbocycles. The maximum absolute atomic E-state index is 9.16. The standard InChI is InChI=1S/C10H15N3/c1-7(2)8-5-10(6-11)3-4-12-9(10)13-8/h7-8H,3-5H2,1-2H3,(H,12,13). The molecule has 0 aromatic rings. The Morgan fingerprint density at radius 3 is 3.00 bits per heavy atom. The highest BCUT2D eigenvalue weighted by molar-refractivity contribution is 5.94. The largest absolute Gasteiger partial charge is 0.369 e. The summed E-state index contributed by atoms with van der Waals surface area (Å²) < 4.78 is 0. The summed E-state index contributed by atoms with van der Waals surface area (Å²) in [5.41, 5.74) is -0.255. The second-order valence-corrected chi connectivity index (χ2v) is 4.37. The van der Waals surface area contributed by atoms with Gasteiger partial charge < -0.3 is 5.32 Å². The van der Waals surface area contributed by atoms with Crippen LogP contribution in [-0.4, -0.2) is 18.4 Å². The highest BCUT2D eigenvalue weighted by Gasteiger charge is 2.48. The first kappa shape index (κ1) is 8.55. The van der Waals surface area contributed by atoms with Crippen LogP contribution in [0.2, 0.25) is 0 Å². The Morgan fingerprint density at radius 1 is 1.69 bits per heavy atom. The maximum atomic E-state index is 9.16. The molecule has 2 rings (SSSR count). The number of hydrogen-bond acceptors (Lipinski definition) is 3. The summed E-state index contributed by atoms with van der Waals surface area (Å²) >= 11 is 0. The van der Waals surface area contributed by atoms with Crippen molar-refractivity contribution in [3.63, 3.8) is 0 Å². The third kappa shape index (κ3) is 1.13. The van der Waals surface area contributed by atoms with Gasteiger partial charge in [0.1, 0.15) is 11.3 Å². The molecule has 2 unspecified atom stereocenters. The first-order valence-corrected chi connectivity index (χ1v) is 4.91. The minimum Gasteiger partial charge on any atom is -0.369 e. The molecular formula is C10H15N3. The number of aliphatic imine (C=N–C) groups is 1. The zero-order valence-corrected chi connectivity index (χ0v) is 8.17. The first-order chi connectivity index (χ1) is 6.18. The van der Waals surface area contributed by atoms with E-state index in [1.165, 1.54) is 0 Å². The van der Waals surface area contributed by atoms with E-state index >= 15 is 0 Å². The lowest BCUT2D eigenvalue weighted by atomic mass is 9.82. The van der Waals surface area contributed by atoms with Crippen molar-refractivity contribution in [3.05, 3.63) is 0 Å². The lowest BCUT2D eigenvalue weighted by Crippen LogP contribution is -2.31. The van der Waals surface area contributed by atoms with Crippen molar-refractivity contribution >= 4 is 5.84 Å². The zero-order chi connectivity index (χ0) is 9.47. The number of rotatable bonds is 1. The molecule has 0 aliphatic carbocycles. The molecule has 70 valence electrons. The average Bonchev–Trinajstić information content (AvgIpc) is 2.58. The Labute approximate surface area is 78.8 Å². The summed E-state index contributed by atoms with van der Waals surface area (Å²) in [4.78, 5) is 4.36. The first-order valence-electron chi connectivity index (χ1n) is 4.91. The Bertz CT molecular complexity index is 287. The third-order valence-electron chi connectivity index (χ3n) is 3.17. The van der Waals surface area contributed by atoms with Crippen molar-refractivity contribution in [2.24, 2.45) is 16.3 Å². The molecular weight excluding hydrogens is 162 g/mol. The van der Waals surface area contributed by atoms with E-state index in [2.05, 4.69) is 30.2 Å². The fraction of sp³-hybridized carbons (Fsp3) is 0.800. The molecule has 1 fully saturated rings. The quantitative estimate of drug-likeness (QED) is 0.656. The highest BCUT2D eigenvalue weighted by Crippen LogP contribution is 2.39. The summed E-state index contributed by atoms with van der Waals surface area (Å²) in [6.07, 6.45) is 1.86. The van der Waals surface area contributed by atoms with Gasteiger partial charge in [-0.25, -0.2) is 0 Å². The van der Waals surface area contributed by atoms with Crippen molar-refractivity contribution in [1.29, 1.82) is 5.26 Å². The van der Waals surface area contributed by atoms with E-state index in [1.807, 2.05) is 0 Å². The highest BCUT2D eigenvalue weighted by atomic mass is 15.1. The Hall–Kier alpha value is -1.04. The van der Waals surface area contributed by atoms with Gasteiger partial charge in [-0.3, -0.25) is 4.99 Å². The monoisotopic (exact) mass is 177 g/mol. The molecule has 0 aromatic carbocycles. The fourth-order valence-electron chi connectivity index (χ4n) is 2.17. The molecule has 1 saturated heterocycles. The van der Waals surface area contributed by atoms with Crippen LogP contribution in [0, 0.1) is 22.7 Å². The van der Waals surface area contributed by atoms with Crippen molar-refractivity contribution in [3.8, 4) is 6.07 Å². The second kappa shape index (κ2) is 2.73. The molecule has 2 aliphatic heterocycles. The van der Waals surface area contributed by atoms with Crippen LogP contribution in [0.15, 0.2) is 4.99 Å². The number of hydrogen-bond donors (Lipinski definition) is 1. The lowest BCUT2D eigenvalue weighted by molar-refractivity contribution is 0.399. The van der Waals surface area contributed by atoms with Gasteiger partial charge in [-0.05, 0) is 18.8 Å². The average molecular weight is 177 g/mol. The van der Waals surface area contributed by atoms with Crippen LogP contribution in [0.5, 0.6) is 0 Å². The topological polar surface area (TPSA) is 48.2 Å². The second-order valence-electron chi connectivity index (χ2n) is 4.37. The van der Waals surface area contributed by atoms with E-state index in [0.717, 1.165) is 25.2 Å². The van der Waals surface area contributed by atoms with Gasteiger partial charge in [-0.1, -0.05) is 13.8 Å². The van der Waals surface area contributed by atoms with Gasteiger partial charge in [0.25, 0.3) is 0 Å². The van der Waals surface area contributed by atoms with Gasteiger partial charge in [0, 0.05) is 12.6 Å². The summed E-state index contributed by atoms with van der Waals surface area (Å²) in [5.74, 6) is 1.53. The molecule has 13 heavy (non-hydrogen) atoms. The van der Waals surface area contributed by atoms with Crippen LogP contribution >= 0.6 is 0 Å². The molecule has 2 atom stereocenters. The number of nitrogens with one attached hydrogen (secondary N) is 1. The molecule has 0 amide bonds. The SMILES string of the molecule is CC(C)C1CC2(C#N)CCN=C2N1. The van der Waals surface area contributed by atoms with Crippen molar-refractivity contribution in [1.82, 2.24) is 5.32 Å². The van der Waals surface area contributed by atoms with E-state index in [1.54, 1.807) is 0 Å². The van der Waals surface area contributed by atoms with Gasteiger partial charge >= 0.3 is 0 Å². The zero-order valence-electron chi connectivity index (χ0n) is 8.17. The normalized spacial score (nSPS) is 36.8. The maximum Gasteiger partial charge on any atom is 0.118 e. The molecule has 1 N–H and O–H groups in total. The van der Waals surface area contributed by atoms with Gasteiger partial charge in [0.05, 0.1) is 6.07 Å². The van der Waals surface area contributed by atoms with Crippen molar-refractivity contribution in [2.45, 2.75) is 32.7 Å². The number of fused-ring (bicyclic) bond motifs is 1. The van der Waals surface area contributed by atoms with Gasteiger partial charge in [0.2, 0.25) is 0 Å². The van der Waals surface area contributed by atoms with Gasteiger partial charge in [-0.15, -0.1) is 0 Å². The van der Waals surface area contributed by atoms with E-state index in [0.29, 0.717) is 12.0 Å². The van der Waals surface area contributed by atoms with Crippen molar-refractivity contribution in [2.75, 3.05) is 6.54 Å². The van der Waals surface area contributed by atoms with Gasteiger partial charge in [0.15, 0.2) is 0 Å². The van der Waals surface area contributed by atoms with Crippen LogP contribution in [0.3, 0.4) is 0 Å². The Balaban J connectivity index is 2.23. The Kier molecular flexibility index (Phi) is 1.80. The third-order valence-corrected chi connectivity index (χ3v) is 3.17.